The molecule has 2 aromatic rings. The first kappa shape index (κ1) is 17.1. The van der Waals surface area contributed by atoms with Gasteiger partial charge in [0.2, 0.25) is 0 Å². The number of alkyl halides is 2. The first-order valence-electron chi connectivity index (χ1n) is 9.22. The first-order valence-corrected chi connectivity index (χ1v) is 10.0. The number of ether oxygens (including phenoxy) is 1. The topological polar surface area (TPSA) is 70.2 Å². The Morgan fingerprint density at radius 3 is 2.96 bits per heavy atom. The summed E-state index contributed by atoms with van der Waals surface area (Å²) in [6.45, 7) is 0.630. The van der Waals surface area contributed by atoms with Gasteiger partial charge in [-0.3, -0.25) is 9.89 Å². The lowest BCUT2D eigenvalue weighted by Gasteiger charge is -2.38. The van der Waals surface area contributed by atoms with Crippen LogP contribution in [0.15, 0.2) is 12.4 Å². The summed E-state index contributed by atoms with van der Waals surface area (Å²) >= 11 is 1.27. The first-order chi connectivity index (χ1) is 13.0. The number of aromatic nitrogens is 2. The number of anilines is 1. The van der Waals surface area contributed by atoms with Crippen LogP contribution in [0.25, 0.3) is 10.4 Å². The highest BCUT2D eigenvalue weighted by Crippen LogP contribution is 2.48. The lowest BCUT2D eigenvalue weighted by atomic mass is 9.96. The van der Waals surface area contributed by atoms with E-state index in [1.165, 1.54) is 11.3 Å². The van der Waals surface area contributed by atoms with Crippen LogP contribution in [0.1, 0.15) is 34.5 Å². The van der Waals surface area contributed by atoms with E-state index in [9.17, 15) is 13.6 Å². The molecule has 2 N–H and O–H groups in total. The molecule has 0 aliphatic carbocycles. The van der Waals surface area contributed by atoms with Gasteiger partial charge in [0, 0.05) is 41.8 Å². The molecule has 1 saturated heterocycles. The van der Waals surface area contributed by atoms with Gasteiger partial charge in [-0.2, -0.15) is 5.10 Å². The normalized spacial score (nSPS) is 27.0. The molecule has 5 rings (SSSR count). The fraction of sp³-hybridized carbons (Fsp3) is 0.556. The molecule has 0 radical (unpaired) electrons. The summed E-state index contributed by atoms with van der Waals surface area (Å²) in [5.74, 6) is -3.03. The largest absolute Gasteiger partial charge is 0.376 e. The number of hydrogen-bond acceptors (Lipinski definition) is 5. The highest BCUT2D eigenvalue weighted by molar-refractivity contribution is 7.18. The molecule has 0 spiro atoms. The van der Waals surface area contributed by atoms with Gasteiger partial charge in [0.05, 0.1) is 30.6 Å². The molecule has 27 heavy (non-hydrogen) atoms. The fourth-order valence-corrected chi connectivity index (χ4v) is 5.58. The van der Waals surface area contributed by atoms with Gasteiger partial charge in [-0.15, -0.1) is 11.3 Å². The molecule has 1 amide bonds. The number of carbonyl (C=O) groups excluding carboxylic acids is 1. The Labute approximate surface area is 158 Å². The van der Waals surface area contributed by atoms with Gasteiger partial charge in [-0.25, -0.2) is 8.78 Å². The van der Waals surface area contributed by atoms with E-state index in [4.69, 9.17) is 4.74 Å². The zero-order chi connectivity index (χ0) is 18.6. The number of nitrogens with zero attached hydrogens (tertiary/aromatic N) is 2. The van der Waals surface area contributed by atoms with Gasteiger partial charge in [-0.05, 0) is 19.3 Å². The number of amides is 1. The Morgan fingerprint density at radius 1 is 1.33 bits per heavy atom. The van der Waals surface area contributed by atoms with Crippen molar-refractivity contribution in [3.63, 3.8) is 0 Å². The summed E-state index contributed by atoms with van der Waals surface area (Å²) in [7, 11) is 0. The van der Waals surface area contributed by atoms with E-state index in [0.29, 0.717) is 34.2 Å². The Balaban J connectivity index is 1.58. The predicted molar refractivity (Wildman–Crippen MR) is 97.6 cm³/mol. The summed E-state index contributed by atoms with van der Waals surface area (Å²) in [6, 6.07) is -0.281. The number of rotatable bonds is 2. The third-order valence-corrected chi connectivity index (χ3v) is 6.79. The second-order valence-corrected chi connectivity index (χ2v) is 8.49. The van der Waals surface area contributed by atoms with Gasteiger partial charge in [-0.1, -0.05) is 0 Å². The van der Waals surface area contributed by atoms with Gasteiger partial charge < -0.3 is 15.0 Å². The molecule has 0 bridgehead atoms. The molecule has 2 aromatic heterocycles. The van der Waals surface area contributed by atoms with Crippen molar-refractivity contribution in [3.05, 3.63) is 22.8 Å². The van der Waals surface area contributed by atoms with Gasteiger partial charge >= 0.3 is 0 Å². The molecule has 5 heterocycles. The molecule has 0 aromatic carbocycles. The van der Waals surface area contributed by atoms with Crippen molar-refractivity contribution in [3.8, 4) is 10.4 Å². The second kappa shape index (κ2) is 6.27. The summed E-state index contributed by atoms with van der Waals surface area (Å²) < 4.78 is 35.0. The molecule has 6 nitrogen and oxygen atoms in total. The van der Waals surface area contributed by atoms with Crippen molar-refractivity contribution in [1.29, 1.82) is 0 Å². The molecule has 1 fully saturated rings. The highest BCUT2D eigenvalue weighted by Gasteiger charge is 2.46. The third kappa shape index (κ3) is 2.93. The van der Waals surface area contributed by atoms with Crippen LogP contribution in [0, 0.1) is 0 Å². The van der Waals surface area contributed by atoms with Crippen molar-refractivity contribution in [2.45, 2.75) is 43.8 Å². The fourth-order valence-electron chi connectivity index (χ4n) is 4.36. The maximum atomic E-state index is 14.6. The minimum Gasteiger partial charge on any atom is -0.376 e. The van der Waals surface area contributed by atoms with E-state index in [1.54, 1.807) is 17.3 Å². The molecule has 3 aliphatic rings. The highest BCUT2D eigenvalue weighted by atomic mass is 32.1. The Hall–Kier alpha value is -2.00. The number of halogens is 2. The number of aromatic amines is 1. The quantitative estimate of drug-likeness (QED) is 0.822. The van der Waals surface area contributed by atoms with Crippen LogP contribution in [0.5, 0.6) is 0 Å². The SMILES string of the molecule is O=C1N[C@H]([C@H]2CCCCO2)CN2CC(F)(F)Cc3c(-c4cn[nH]c4)sc1c32. The molecular formula is C18H20F2N4O2S. The molecule has 144 valence electrons. The van der Waals surface area contributed by atoms with Crippen molar-refractivity contribution in [1.82, 2.24) is 15.5 Å². The molecule has 3 aliphatic heterocycles. The summed E-state index contributed by atoms with van der Waals surface area (Å²) in [5.41, 5.74) is 1.95. The minimum atomic E-state index is -2.84. The van der Waals surface area contributed by atoms with Crippen molar-refractivity contribution in [2.24, 2.45) is 0 Å². The lowest BCUT2D eigenvalue weighted by Crippen LogP contribution is -2.53. The number of carbonyl (C=O) groups is 1. The number of hydrogen-bond donors (Lipinski definition) is 2. The van der Waals surface area contributed by atoms with Gasteiger partial charge in [0.15, 0.2) is 0 Å². The van der Waals surface area contributed by atoms with Crippen LogP contribution >= 0.6 is 11.3 Å². The van der Waals surface area contributed by atoms with E-state index in [2.05, 4.69) is 15.5 Å². The van der Waals surface area contributed by atoms with Crippen LogP contribution in [0.3, 0.4) is 0 Å². The van der Waals surface area contributed by atoms with Crippen molar-refractivity contribution in [2.75, 3.05) is 24.6 Å². The average molecular weight is 394 g/mol. The third-order valence-electron chi connectivity index (χ3n) is 5.52. The maximum Gasteiger partial charge on any atom is 0.269 e. The molecule has 2 atom stereocenters. The minimum absolute atomic E-state index is 0.121. The van der Waals surface area contributed by atoms with Crippen molar-refractivity contribution < 1.29 is 18.3 Å². The number of H-pyrrole nitrogens is 1. The molecular weight excluding hydrogens is 374 g/mol. The van der Waals surface area contributed by atoms with E-state index in [1.807, 2.05) is 0 Å². The zero-order valence-corrected chi connectivity index (χ0v) is 15.5. The van der Waals surface area contributed by atoms with Gasteiger partial charge in [0.1, 0.15) is 4.88 Å². The Morgan fingerprint density at radius 2 is 2.22 bits per heavy atom. The van der Waals surface area contributed by atoms with Crippen molar-refractivity contribution >= 4 is 22.9 Å². The Kier molecular flexibility index (Phi) is 3.98. The number of thiophene rings is 1. The zero-order valence-electron chi connectivity index (χ0n) is 14.6. The monoisotopic (exact) mass is 394 g/mol. The van der Waals surface area contributed by atoms with Crippen LogP contribution in [-0.2, 0) is 11.2 Å². The summed E-state index contributed by atoms with van der Waals surface area (Å²) in [5, 5.41) is 9.70. The predicted octanol–water partition coefficient (Wildman–Crippen LogP) is 2.82. The molecule has 0 unspecified atom stereocenters. The van der Waals surface area contributed by atoms with Crippen LogP contribution in [-0.4, -0.2) is 53.9 Å². The smallest absolute Gasteiger partial charge is 0.269 e. The summed E-state index contributed by atoms with van der Waals surface area (Å²) in [6.07, 6.45) is 5.69. The average Bonchev–Trinajstić information content (AvgIpc) is 3.25. The second-order valence-electron chi connectivity index (χ2n) is 7.47. The van der Waals surface area contributed by atoms with Crippen LogP contribution < -0.4 is 10.2 Å². The lowest BCUT2D eigenvalue weighted by molar-refractivity contribution is -0.0109. The van der Waals surface area contributed by atoms with E-state index < -0.39 is 5.92 Å². The van der Waals surface area contributed by atoms with E-state index >= 15 is 0 Å². The van der Waals surface area contributed by atoms with E-state index in [0.717, 1.165) is 24.8 Å². The van der Waals surface area contributed by atoms with E-state index in [-0.39, 0.29) is 31.0 Å². The summed E-state index contributed by atoms with van der Waals surface area (Å²) in [4.78, 5) is 15.8. The number of nitrogens with one attached hydrogen (secondary N) is 2. The Bertz CT molecular complexity index is 861. The van der Waals surface area contributed by atoms with Gasteiger partial charge in [0.25, 0.3) is 11.8 Å². The maximum absolute atomic E-state index is 14.6. The van der Waals surface area contributed by atoms with Crippen LogP contribution in [0.2, 0.25) is 0 Å². The van der Waals surface area contributed by atoms with Crippen LogP contribution in [0.4, 0.5) is 14.5 Å². The standard InChI is InChI=1S/C18H20F2N4O2S/c19-18(20)5-11-14-16(27-15(11)10-6-21-22-7-10)17(25)23-12(8-24(14)9-18)13-3-1-2-4-26-13/h6-7,12-13H,1-5,8-9H2,(H,21,22)(H,23,25)/t12-,13+/m0/s1. The molecule has 0 saturated carbocycles. The molecule has 9 heteroatoms.